The highest BCUT2D eigenvalue weighted by atomic mass is 16.6. The molecule has 2 atom stereocenters. The summed E-state index contributed by atoms with van der Waals surface area (Å²) in [5.41, 5.74) is 0. The van der Waals surface area contributed by atoms with Gasteiger partial charge in [-0.15, -0.1) is 0 Å². The monoisotopic (exact) mass is 207 g/mol. The van der Waals surface area contributed by atoms with Crippen LogP contribution in [0.25, 0.3) is 0 Å². The maximum atomic E-state index is 11.0. The molecule has 0 fully saturated rings. The van der Waals surface area contributed by atoms with Gasteiger partial charge in [0.25, 0.3) is 0 Å². The van der Waals surface area contributed by atoms with Crippen LogP contribution in [0.4, 0.5) is 0 Å². The Labute approximate surface area is 80.8 Å². The Kier molecular flexibility index (Phi) is 5.73. The van der Waals surface area contributed by atoms with Crippen LogP contribution >= 0.6 is 0 Å². The number of carbonyl (C=O) groups excluding carboxylic acids is 1. The predicted molar refractivity (Wildman–Crippen MR) is 45.3 cm³/mol. The smallest absolute Gasteiger partial charge is 0.384 e. The summed E-state index contributed by atoms with van der Waals surface area (Å²) in [5, 5.41) is 19.6. The van der Waals surface area contributed by atoms with Gasteiger partial charge in [-0.1, -0.05) is 0 Å². The minimum Gasteiger partial charge on any atom is -0.461 e. The number of nitrogens with zero attached hydrogens (tertiary/aromatic N) is 1. The summed E-state index contributed by atoms with van der Waals surface area (Å²) in [5.74, 6) is -1.05. The molecular weight excluding hydrogens is 194 g/mol. The summed E-state index contributed by atoms with van der Waals surface area (Å²) in [4.78, 5) is 20.6. The highest BCUT2D eigenvalue weighted by Crippen LogP contribution is 2.02. The molecule has 0 aliphatic heterocycles. The molecule has 7 nitrogen and oxygen atoms in total. The molecule has 1 N–H and O–H groups in total. The van der Waals surface area contributed by atoms with Crippen LogP contribution in [0.1, 0.15) is 6.92 Å². The fourth-order valence-electron chi connectivity index (χ4n) is 0.873. The third-order valence-corrected chi connectivity index (χ3v) is 1.46. The largest absolute Gasteiger partial charge is 0.461 e. The van der Waals surface area contributed by atoms with Crippen LogP contribution in [-0.2, 0) is 14.3 Å². The van der Waals surface area contributed by atoms with Gasteiger partial charge in [-0.2, -0.15) is 0 Å². The van der Waals surface area contributed by atoms with Crippen molar-refractivity contribution in [1.82, 2.24) is 0 Å². The molecule has 0 aliphatic rings. The van der Waals surface area contributed by atoms with Crippen molar-refractivity contribution in [3.05, 3.63) is 10.1 Å². The van der Waals surface area contributed by atoms with E-state index in [0.717, 1.165) is 0 Å². The van der Waals surface area contributed by atoms with Gasteiger partial charge in [0.05, 0.1) is 13.2 Å². The molecule has 0 amide bonds. The lowest BCUT2D eigenvalue weighted by atomic mass is 10.2. The normalized spacial score (nSPS) is 14.5. The molecular formula is C7H13NO6. The van der Waals surface area contributed by atoms with Crippen LogP contribution in [0.5, 0.6) is 0 Å². The SMILES string of the molecule is CCOC(=O)C(C(O)COC)[N+](=O)[O-]. The Morgan fingerprint density at radius 1 is 1.64 bits per heavy atom. The topological polar surface area (TPSA) is 98.9 Å². The van der Waals surface area contributed by atoms with Crippen molar-refractivity contribution in [2.45, 2.75) is 19.1 Å². The average Bonchev–Trinajstić information content (AvgIpc) is 2.04. The van der Waals surface area contributed by atoms with Gasteiger partial charge in [0.15, 0.2) is 6.10 Å². The maximum absolute atomic E-state index is 11.0. The van der Waals surface area contributed by atoms with E-state index in [9.17, 15) is 20.0 Å². The van der Waals surface area contributed by atoms with E-state index in [1.54, 1.807) is 0 Å². The first-order chi connectivity index (χ1) is 6.54. The molecule has 0 saturated heterocycles. The van der Waals surface area contributed by atoms with Crippen LogP contribution in [0, 0.1) is 10.1 Å². The van der Waals surface area contributed by atoms with Crippen molar-refractivity contribution >= 4 is 5.97 Å². The van der Waals surface area contributed by atoms with Crippen molar-refractivity contribution in [3.8, 4) is 0 Å². The lowest BCUT2D eigenvalue weighted by Gasteiger charge is -2.13. The highest BCUT2D eigenvalue weighted by Gasteiger charge is 2.39. The Balaban J connectivity index is 4.42. The molecule has 0 rings (SSSR count). The van der Waals surface area contributed by atoms with Crippen molar-refractivity contribution in [2.75, 3.05) is 20.3 Å². The van der Waals surface area contributed by atoms with Gasteiger partial charge in [0, 0.05) is 12.0 Å². The van der Waals surface area contributed by atoms with E-state index in [-0.39, 0.29) is 13.2 Å². The number of ether oxygens (including phenoxy) is 2. The van der Waals surface area contributed by atoms with E-state index in [1.165, 1.54) is 14.0 Å². The molecule has 0 aliphatic carbocycles. The number of aliphatic hydroxyl groups is 1. The first kappa shape index (κ1) is 12.8. The zero-order chi connectivity index (χ0) is 11.1. The van der Waals surface area contributed by atoms with Crippen LogP contribution in [0.3, 0.4) is 0 Å². The minimum atomic E-state index is -1.78. The van der Waals surface area contributed by atoms with Crippen molar-refractivity contribution in [2.24, 2.45) is 0 Å². The fraction of sp³-hybridized carbons (Fsp3) is 0.857. The van der Waals surface area contributed by atoms with Gasteiger partial charge in [0.2, 0.25) is 0 Å². The van der Waals surface area contributed by atoms with E-state index in [0.29, 0.717) is 0 Å². The first-order valence-corrected chi connectivity index (χ1v) is 4.01. The van der Waals surface area contributed by atoms with E-state index in [2.05, 4.69) is 9.47 Å². The molecule has 0 spiro atoms. The molecule has 0 aromatic rings. The third-order valence-electron chi connectivity index (χ3n) is 1.46. The Hall–Kier alpha value is -1.21. The van der Waals surface area contributed by atoms with Gasteiger partial charge in [-0.3, -0.25) is 10.1 Å². The predicted octanol–water partition coefficient (Wildman–Crippen LogP) is -0.798. The zero-order valence-corrected chi connectivity index (χ0v) is 8.00. The van der Waals surface area contributed by atoms with Gasteiger partial charge >= 0.3 is 12.0 Å². The number of methoxy groups -OCH3 is 1. The summed E-state index contributed by atoms with van der Waals surface area (Å²) >= 11 is 0. The molecule has 7 heteroatoms. The summed E-state index contributed by atoms with van der Waals surface area (Å²) in [7, 11) is 1.27. The Morgan fingerprint density at radius 3 is 2.57 bits per heavy atom. The number of nitro groups is 1. The molecule has 82 valence electrons. The van der Waals surface area contributed by atoms with E-state index < -0.39 is 23.0 Å². The summed E-state index contributed by atoms with van der Waals surface area (Å²) in [6.07, 6.45) is -1.49. The standard InChI is InChI=1S/C7H13NO6/c1-3-14-7(10)6(8(11)12)5(9)4-13-2/h5-6,9H,3-4H2,1-2H3. The zero-order valence-electron chi connectivity index (χ0n) is 8.00. The first-order valence-electron chi connectivity index (χ1n) is 4.01. The van der Waals surface area contributed by atoms with E-state index in [1.807, 2.05) is 0 Å². The molecule has 0 saturated carbocycles. The molecule has 0 radical (unpaired) electrons. The summed E-state index contributed by atoms with van der Waals surface area (Å²) in [6.45, 7) is 1.27. The van der Waals surface area contributed by atoms with Crippen LogP contribution in [0.15, 0.2) is 0 Å². The quantitative estimate of drug-likeness (QED) is 0.348. The van der Waals surface area contributed by atoms with Gasteiger partial charge < -0.3 is 14.6 Å². The molecule has 0 aromatic carbocycles. The highest BCUT2D eigenvalue weighted by molar-refractivity contribution is 5.75. The second-order valence-electron chi connectivity index (χ2n) is 2.50. The van der Waals surface area contributed by atoms with Crippen molar-refractivity contribution < 1.29 is 24.3 Å². The van der Waals surface area contributed by atoms with Crippen LogP contribution in [-0.4, -0.2) is 48.5 Å². The van der Waals surface area contributed by atoms with Gasteiger partial charge in [-0.05, 0) is 6.92 Å². The maximum Gasteiger partial charge on any atom is 0.384 e. The number of carbonyl (C=O) groups is 1. The Morgan fingerprint density at radius 2 is 2.21 bits per heavy atom. The Bertz CT molecular complexity index is 206. The molecule has 0 bridgehead atoms. The second kappa shape index (κ2) is 6.28. The number of esters is 1. The number of hydrogen-bond donors (Lipinski definition) is 1. The van der Waals surface area contributed by atoms with E-state index >= 15 is 0 Å². The lowest BCUT2D eigenvalue weighted by molar-refractivity contribution is -0.522. The lowest BCUT2D eigenvalue weighted by Crippen LogP contribution is -2.44. The number of rotatable bonds is 6. The van der Waals surface area contributed by atoms with Gasteiger partial charge in [0.1, 0.15) is 0 Å². The van der Waals surface area contributed by atoms with Crippen molar-refractivity contribution in [3.63, 3.8) is 0 Å². The average molecular weight is 207 g/mol. The van der Waals surface area contributed by atoms with Crippen LogP contribution < -0.4 is 0 Å². The summed E-state index contributed by atoms with van der Waals surface area (Å²) < 4.78 is 8.94. The molecule has 14 heavy (non-hydrogen) atoms. The fourth-order valence-corrected chi connectivity index (χ4v) is 0.873. The second-order valence-corrected chi connectivity index (χ2v) is 2.50. The van der Waals surface area contributed by atoms with E-state index in [4.69, 9.17) is 0 Å². The third kappa shape index (κ3) is 3.67. The molecule has 0 heterocycles. The van der Waals surface area contributed by atoms with Crippen molar-refractivity contribution in [1.29, 1.82) is 0 Å². The van der Waals surface area contributed by atoms with Crippen LogP contribution in [0.2, 0.25) is 0 Å². The number of hydrogen-bond acceptors (Lipinski definition) is 6. The molecule has 0 aromatic heterocycles. The number of aliphatic hydroxyl groups excluding tert-OH is 1. The molecule has 2 unspecified atom stereocenters. The minimum absolute atomic E-state index is 0.0306. The van der Waals surface area contributed by atoms with Gasteiger partial charge in [-0.25, -0.2) is 4.79 Å². The summed E-state index contributed by atoms with van der Waals surface area (Å²) in [6, 6.07) is -1.78.